The zero-order valence-corrected chi connectivity index (χ0v) is 22.9. The number of halogens is 3. The second-order valence-electron chi connectivity index (χ2n) is 9.00. The number of nitrogen functional groups attached to an aromatic ring is 1. The van der Waals surface area contributed by atoms with E-state index < -0.39 is 54.4 Å². The molecular formula is C27H30F3N5O9. The molecule has 238 valence electrons. The Morgan fingerprint density at radius 2 is 1.36 bits per heavy atom. The molecule has 0 saturated carbocycles. The molecule has 0 bridgehead atoms. The molecule has 0 radical (unpaired) electrons. The first-order chi connectivity index (χ1) is 20.5. The standard InChI is InChI=1S/C25H29N5O7.C2HF3O2/c26-23(27)16-9-11-17(12-10-16)28-20(31)7-4-8-21(32)29-18(14-22(33)34)24(35)30-19(25(36)37)13-15-5-2-1-3-6-15;3-2(4,5)1(6)7/h1-3,5-6,9-12,18-19H,4,7-8,13-14H2,(H3,26,27)(H,28,31)(H,29,32)(H,30,35)(H,33,34)(H,36,37);(H,6,7)/t18-,19-;/m0./s1. The third kappa shape index (κ3) is 14.4. The van der Waals surface area contributed by atoms with E-state index in [0.717, 1.165) is 0 Å². The molecule has 0 heterocycles. The number of carbonyl (C=O) groups excluding carboxylic acids is 3. The fraction of sp³-hybridized carbons (Fsp3) is 0.296. The fourth-order valence-corrected chi connectivity index (χ4v) is 3.34. The van der Waals surface area contributed by atoms with Gasteiger partial charge in [0, 0.05) is 30.5 Å². The van der Waals surface area contributed by atoms with Crippen LogP contribution >= 0.6 is 0 Å². The van der Waals surface area contributed by atoms with Crippen LogP contribution in [0.5, 0.6) is 0 Å². The molecule has 0 unspecified atom stereocenters. The summed E-state index contributed by atoms with van der Waals surface area (Å²) in [6.07, 6.45) is -5.91. The number of amidine groups is 1. The Morgan fingerprint density at radius 1 is 0.818 bits per heavy atom. The number of rotatable bonds is 14. The number of benzene rings is 2. The number of amides is 3. The van der Waals surface area contributed by atoms with Gasteiger partial charge in [0.15, 0.2) is 0 Å². The van der Waals surface area contributed by atoms with Crippen LogP contribution in [0, 0.1) is 5.41 Å². The third-order valence-corrected chi connectivity index (χ3v) is 5.46. The molecule has 0 aromatic heterocycles. The average Bonchev–Trinajstić information content (AvgIpc) is 2.92. The number of anilines is 1. The summed E-state index contributed by atoms with van der Waals surface area (Å²) < 4.78 is 31.7. The molecule has 0 fully saturated rings. The molecule has 2 aromatic rings. The van der Waals surface area contributed by atoms with E-state index in [2.05, 4.69) is 16.0 Å². The zero-order chi connectivity index (χ0) is 33.4. The van der Waals surface area contributed by atoms with Gasteiger partial charge in [-0.15, -0.1) is 0 Å². The van der Waals surface area contributed by atoms with Gasteiger partial charge < -0.3 is 37.0 Å². The van der Waals surface area contributed by atoms with Crippen LogP contribution in [0.25, 0.3) is 0 Å². The Labute approximate surface area is 247 Å². The molecule has 44 heavy (non-hydrogen) atoms. The molecule has 2 rings (SSSR count). The molecule has 17 heteroatoms. The minimum atomic E-state index is -5.08. The van der Waals surface area contributed by atoms with Gasteiger partial charge in [0.1, 0.15) is 17.9 Å². The molecule has 2 atom stereocenters. The molecule has 0 aliphatic rings. The molecule has 2 aromatic carbocycles. The molecule has 0 spiro atoms. The summed E-state index contributed by atoms with van der Waals surface area (Å²) in [6, 6.07) is 12.1. The van der Waals surface area contributed by atoms with Gasteiger partial charge in [-0.1, -0.05) is 30.3 Å². The quantitative estimate of drug-likeness (QED) is 0.111. The lowest BCUT2D eigenvalue weighted by Gasteiger charge is -2.20. The number of carboxylic acid groups (broad SMARTS) is 3. The highest BCUT2D eigenvalue weighted by Gasteiger charge is 2.38. The third-order valence-electron chi connectivity index (χ3n) is 5.46. The Balaban J connectivity index is 0.00000123. The van der Waals surface area contributed by atoms with Gasteiger partial charge in [-0.3, -0.25) is 24.6 Å². The maximum atomic E-state index is 12.6. The SMILES string of the molecule is N=C(N)c1ccc(NC(=O)CCCC(=O)N[C@@H](CC(=O)O)C(=O)N[C@@H](Cc2ccccc2)C(=O)O)cc1.O=C(O)C(F)(F)F. The summed E-state index contributed by atoms with van der Waals surface area (Å²) in [6.45, 7) is 0. The first-order valence-electron chi connectivity index (χ1n) is 12.6. The van der Waals surface area contributed by atoms with E-state index in [4.69, 9.17) is 26.2 Å². The van der Waals surface area contributed by atoms with Crippen molar-refractivity contribution >= 4 is 47.2 Å². The van der Waals surface area contributed by atoms with E-state index in [0.29, 0.717) is 16.8 Å². The van der Waals surface area contributed by atoms with E-state index in [9.17, 15) is 42.3 Å². The number of nitrogens with one attached hydrogen (secondary N) is 4. The average molecular weight is 626 g/mol. The number of nitrogens with two attached hydrogens (primary N) is 1. The van der Waals surface area contributed by atoms with Crippen LogP contribution in [0.4, 0.5) is 18.9 Å². The Morgan fingerprint density at radius 3 is 1.84 bits per heavy atom. The van der Waals surface area contributed by atoms with E-state index in [1.165, 1.54) is 0 Å². The van der Waals surface area contributed by atoms with Gasteiger partial charge >= 0.3 is 24.1 Å². The van der Waals surface area contributed by atoms with E-state index in [1.807, 2.05) is 0 Å². The lowest BCUT2D eigenvalue weighted by molar-refractivity contribution is -0.192. The van der Waals surface area contributed by atoms with Crippen molar-refractivity contribution in [3.8, 4) is 0 Å². The fourth-order valence-electron chi connectivity index (χ4n) is 3.34. The summed E-state index contributed by atoms with van der Waals surface area (Å²) in [4.78, 5) is 68.8. The van der Waals surface area contributed by atoms with Crippen molar-refractivity contribution in [2.75, 3.05) is 5.32 Å². The molecule has 0 aliphatic heterocycles. The van der Waals surface area contributed by atoms with Crippen LogP contribution in [0.2, 0.25) is 0 Å². The lowest BCUT2D eigenvalue weighted by Crippen LogP contribution is -2.52. The molecular weight excluding hydrogens is 595 g/mol. The Bertz CT molecular complexity index is 1340. The maximum absolute atomic E-state index is 12.6. The van der Waals surface area contributed by atoms with Crippen molar-refractivity contribution in [3.05, 3.63) is 65.7 Å². The van der Waals surface area contributed by atoms with Crippen molar-refractivity contribution in [2.45, 2.75) is 50.4 Å². The van der Waals surface area contributed by atoms with Crippen LogP contribution in [-0.4, -0.2) is 75.0 Å². The van der Waals surface area contributed by atoms with Crippen molar-refractivity contribution in [3.63, 3.8) is 0 Å². The first-order valence-corrected chi connectivity index (χ1v) is 12.6. The number of hydrogen-bond donors (Lipinski definition) is 8. The van der Waals surface area contributed by atoms with Gasteiger partial charge in [-0.2, -0.15) is 13.2 Å². The summed E-state index contributed by atoms with van der Waals surface area (Å²) in [5.41, 5.74) is 7.03. The molecule has 0 aliphatic carbocycles. The monoisotopic (exact) mass is 625 g/mol. The van der Waals surface area contributed by atoms with Crippen LogP contribution in [-0.2, 0) is 35.2 Å². The predicted octanol–water partition coefficient (Wildman–Crippen LogP) is 1.48. The smallest absolute Gasteiger partial charge is 0.481 e. The van der Waals surface area contributed by atoms with Crippen molar-refractivity contribution in [2.24, 2.45) is 5.73 Å². The summed E-state index contributed by atoms with van der Waals surface area (Å²) in [7, 11) is 0. The summed E-state index contributed by atoms with van der Waals surface area (Å²) in [5.74, 6) is -7.49. The van der Waals surface area contributed by atoms with E-state index in [1.54, 1.807) is 54.6 Å². The number of carbonyl (C=O) groups is 6. The van der Waals surface area contributed by atoms with Gasteiger partial charge in [-0.25, -0.2) is 9.59 Å². The van der Waals surface area contributed by atoms with Crippen molar-refractivity contribution in [1.29, 1.82) is 5.41 Å². The van der Waals surface area contributed by atoms with Crippen LogP contribution in [0.3, 0.4) is 0 Å². The second-order valence-corrected chi connectivity index (χ2v) is 9.00. The van der Waals surface area contributed by atoms with E-state index in [-0.39, 0.29) is 37.4 Å². The van der Waals surface area contributed by atoms with Gasteiger partial charge in [0.2, 0.25) is 17.7 Å². The highest BCUT2D eigenvalue weighted by molar-refractivity contribution is 5.96. The van der Waals surface area contributed by atoms with E-state index >= 15 is 0 Å². The summed E-state index contributed by atoms with van der Waals surface area (Å²) >= 11 is 0. The van der Waals surface area contributed by atoms with Gasteiger partial charge in [0.25, 0.3) is 0 Å². The molecule has 3 amide bonds. The largest absolute Gasteiger partial charge is 0.490 e. The number of carboxylic acids is 3. The molecule has 9 N–H and O–H groups in total. The minimum absolute atomic E-state index is 0.0180. The zero-order valence-electron chi connectivity index (χ0n) is 22.9. The van der Waals surface area contributed by atoms with Gasteiger partial charge in [0.05, 0.1) is 6.42 Å². The van der Waals surface area contributed by atoms with Crippen LogP contribution in [0.1, 0.15) is 36.8 Å². The maximum Gasteiger partial charge on any atom is 0.490 e. The minimum Gasteiger partial charge on any atom is -0.481 e. The summed E-state index contributed by atoms with van der Waals surface area (Å²) in [5, 5.41) is 40.3. The highest BCUT2D eigenvalue weighted by atomic mass is 19.4. The molecule has 14 nitrogen and oxygen atoms in total. The first kappa shape index (κ1) is 36.5. The topological polar surface area (TPSA) is 249 Å². The number of aliphatic carboxylic acids is 3. The predicted molar refractivity (Wildman–Crippen MR) is 148 cm³/mol. The van der Waals surface area contributed by atoms with Gasteiger partial charge in [-0.05, 0) is 36.2 Å². The Hall–Kier alpha value is -5.48. The lowest BCUT2D eigenvalue weighted by atomic mass is 10.0. The number of alkyl halides is 3. The number of hydrogen-bond acceptors (Lipinski definition) is 7. The van der Waals surface area contributed by atoms with Crippen LogP contribution in [0.15, 0.2) is 54.6 Å². The van der Waals surface area contributed by atoms with Crippen molar-refractivity contribution < 1.29 is 57.3 Å². The highest BCUT2D eigenvalue weighted by Crippen LogP contribution is 2.13. The normalized spacial score (nSPS) is 11.9. The Kier molecular flexibility index (Phi) is 14.5. The van der Waals surface area contributed by atoms with Crippen molar-refractivity contribution in [1.82, 2.24) is 10.6 Å². The molecule has 0 saturated heterocycles. The van der Waals surface area contributed by atoms with Crippen LogP contribution < -0.4 is 21.7 Å². The second kappa shape index (κ2) is 17.5.